The first-order chi connectivity index (χ1) is 2.94. The van der Waals surface area contributed by atoms with E-state index in [1.807, 2.05) is 20.8 Å². The van der Waals surface area contributed by atoms with Gasteiger partial charge in [0.1, 0.15) is 0 Å². The molecule has 1 nitrogen and oxygen atoms in total. The summed E-state index contributed by atoms with van der Waals surface area (Å²) in [6, 6.07) is 0. The third kappa shape index (κ3) is 8.99. The first-order valence-electron chi connectivity index (χ1n) is 2.39. The summed E-state index contributed by atoms with van der Waals surface area (Å²) in [4.78, 5) is 0. The zero-order valence-corrected chi connectivity index (χ0v) is 6.51. The molecule has 0 spiro atoms. The molecule has 0 fully saturated rings. The molecule has 0 atom stereocenters. The van der Waals surface area contributed by atoms with Crippen LogP contribution in [0.4, 0.5) is 0 Å². The van der Waals surface area contributed by atoms with E-state index >= 15 is 0 Å². The summed E-state index contributed by atoms with van der Waals surface area (Å²) < 4.78 is 0. The van der Waals surface area contributed by atoms with Crippen LogP contribution in [0.2, 0.25) is 0 Å². The van der Waals surface area contributed by atoms with Gasteiger partial charge >= 0.3 is 29.6 Å². The number of halogens is 1. The van der Waals surface area contributed by atoms with Crippen LogP contribution in [0.5, 0.6) is 0 Å². The molecule has 0 aromatic heterocycles. The van der Waals surface area contributed by atoms with Crippen molar-refractivity contribution in [3.05, 3.63) is 12.2 Å². The Bertz CT molecular complexity index is 85.5. The number of hydrogen-bond donors (Lipinski definition) is 1. The second-order valence-electron chi connectivity index (χ2n) is 2.50. The second-order valence-corrected chi connectivity index (χ2v) is 2.50. The summed E-state index contributed by atoms with van der Waals surface area (Å²) >= 11 is 0. The molecule has 0 amide bonds. The number of rotatable bonds is 1. The summed E-state index contributed by atoms with van der Waals surface area (Å²) in [5.41, 5.74) is 6.41. The van der Waals surface area contributed by atoms with Crippen LogP contribution in [0.1, 0.15) is 20.8 Å². The molecule has 0 saturated carbocycles. The molecule has 9 heavy (non-hydrogen) atoms. The standard InChI is InChI=1S/C6H13N.ClH.Na.H/c1-5(2)6(3,4)7;;;/h1,7H2,2-4H3;1H;;. The molecule has 0 saturated heterocycles. The van der Waals surface area contributed by atoms with Crippen LogP contribution in [0, 0.1) is 0 Å². The van der Waals surface area contributed by atoms with Gasteiger partial charge in [-0.25, -0.2) is 0 Å². The summed E-state index contributed by atoms with van der Waals surface area (Å²) in [5, 5.41) is 0. The molecule has 52 valence electrons. The second kappa shape index (κ2) is 5.75. The van der Waals surface area contributed by atoms with Gasteiger partial charge in [-0.1, -0.05) is 12.2 Å². The van der Waals surface area contributed by atoms with E-state index in [9.17, 15) is 0 Å². The molecular formula is C6H15ClNNa. The fourth-order valence-corrected chi connectivity index (χ4v) is 0. The molecule has 0 aliphatic carbocycles. The van der Waals surface area contributed by atoms with Gasteiger partial charge in [-0.15, -0.1) is 12.4 Å². The third-order valence-corrected chi connectivity index (χ3v) is 1.10. The van der Waals surface area contributed by atoms with Crippen LogP contribution < -0.4 is 5.73 Å². The van der Waals surface area contributed by atoms with Gasteiger partial charge in [-0.2, -0.15) is 0 Å². The van der Waals surface area contributed by atoms with E-state index in [-0.39, 0.29) is 47.5 Å². The van der Waals surface area contributed by atoms with Gasteiger partial charge in [0.25, 0.3) is 0 Å². The molecule has 0 aromatic rings. The van der Waals surface area contributed by atoms with Crippen molar-refractivity contribution in [1.29, 1.82) is 0 Å². The van der Waals surface area contributed by atoms with Gasteiger partial charge < -0.3 is 5.73 Å². The van der Waals surface area contributed by atoms with Crippen LogP contribution in [0.25, 0.3) is 0 Å². The molecule has 0 rings (SSSR count). The molecule has 0 aliphatic heterocycles. The van der Waals surface area contributed by atoms with E-state index < -0.39 is 0 Å². The maximum absolute atomic E-state index is 5.58. The van der Waals surface area contributed by atoms with E-state index in [4.69, 9.17) is 5.73 Å². The quantitative estimate of drug-likeness (QED) is 0.450. The van der Waals surface area contributed by atoms with Gasteiger partial charge in [0.15, 0.2) is 0 Å². The fourth-order valence-electron chi connectivity index (χ4n) is 0. The van der Waals surface area contributed by atoms with E-state index in [1.165, 1.54) is 0 Å². The summed E-state index contributed by atoms with van der Waals surface area (Å²) in [7, 11) is 0. The first-order valence-corrected chi connectivity index (χ1v) is 2.39. The van der Waals surface area contributed by atoms with E-state index in [0.29, 0.717) is 0 Å². The first kappa shape index (κ1) is 16.5. The molecule has 0 aromatic carbocycles. The Morgan fingerprint density at radius 1 is 1.44 bits per heavy atom. The Kier molecular flexibility index (Phi) is 10.6. The molecule has 0 aliphatic rings. The Morgan fingerprint density at radius 2 is 1.56 bits per heavy atom. The van der Waals surface area contributed by atoms with Crippen molar-refractivity contribution in [3.63, 3.8) is 0 Å². The summed E-state index contributed by atoms with van der Waals surface area (Å²) in [6.45, 7) is 9.51. The van der Waals surface area contributed by atoms with E-state index in [0.717, 1.165) is 5.57 Å². The zero-order valence-electron chi connectivity index (χ0n) is 5.69. The van der Waals surface area contributed by atoms with Crippen molar-refractivity contribution >= 4 is 42.0 Å². The van der Waals surface area contributed by atoms with Crippen LogP contribution in [0.3, 0.4) is 0 Å². The van der Waals surface area contributed by atoms with Crippen molar-refractivity contribution in [2.45, 2.75) is 26.3 Å². The van der Waals surface area contributed by atoms with E-state index in [1.54, 1.807) is 0 Å². The van der Waals surface area contributed by atoms with Gasteiger partial charge in [0.05, 0.1) is 0 Å². The summed E-state index contributed by atoms with van der Waals surface area (Å²) in [5.74, 6) is 0. The van der Waals surface area contributed by atoms with Crippen molar-refractivity contribution in [1.82, 2.24) is 0 Å². The molecule has 3 heteroatoms. The average Bonchev–Trinajstić information content (AvgIpc) is 1.31. The Hall–Kier alpha value is 0.990. The molecule has 0 bridgehead atoms. The summed E-state index contributed by atoms with van der Waals surface area (Å²) in [6.07, 6.45) is 0. The normalized spacial score (nSPS) is 8.89. The maximum atomic E-state index is 5.58. The fraction of sp³-hybridized carbons (Fsp3) is 0.667. The number of hydrogen-bond acceptors (Lipinski definition) is 1. The van der Waals surface area contributed by atoms with Gasteiger partial charge in [-0.3, -0.25) is 0 Å². The average molecular weight is 160 g/mol. The monoisotopic (exact) mass is 159 g/mol. The predicted octanol–water partition coefficient (Wildman–Crippen LogP) is 1.07. The Balaban J connectivity index is -0.000000180. The van der Waals surface area contributed by atoms with Gasteiger partial charge in [-0.05, 0) is 20.8 Å². The van der Waals surface area contributed by atoms with Crippen LogP contribution in [-0.4, -0.2) is 35.1 Å². The molecule has 2 N–H and O–H groups in total. The van der Waals surface area contributed by atoms with Crippen LogP contribution in [-0.2, 0) is 0 Å². The van der Waals surface area contributed by atoms with Gasteiger partial charge in [0, 0.05) is 5.54 Å². The van der Waals surface area contributed by atoms with Crippen LogP contribution in [0.15, 0.2) is 12.2 Å². The Morgan fingerprint density at radius 3 is 1.56 bits per heavy atom. The van der Waals surface area contributed by atoms with Crippen molar-refractivity contribution in [2.24, 2.45) is 5.73 Å². The third-order valence-electron chi connectivity index (χ3n) is 1.10. The Labute approximate surface area is 85.8 Å². The van der Waals surface area contributed by atoms with Crippen molar-refractivity contribution in [3.8, 4) is 0 Å². The zero-order chi connectivity index (χ0) is 6.08. The minimum absolute atomic E-state index is 0. The van der Waals surface area contributed by atoms with Crippen LogP contribution >= 0.6 is 12.4 Å². The van der Waals surface area contributed by atoms with Gasteiger partial charge in [0.2, 0.25) is 0 Å². The SMILES string of the molecule is C=C(C)C(C)(C)N.Cl.[NaH]. The van der Waals surface area contributed by atoms with Crippen molar-refractivity contribution in [2.75, 3.05) is 0 Å². The van der Waals surface area contributed by atoms with E-state index in [2.05, 4.69) is 6.58 Å². The predicted molar refractivity (Wildman–Crippen MR) is 47.5 cm³/mol. The molecular weight excluding hydrogens is 145 g/mol. The topological polar surface area (TPSA) is 26.0 Å². The minimum atomic E-state index is -0.194. The number of nitrogens with two attached hydrogens (primary N) is 1. The van der Waals surface area contributed by atoms with Crippen molar-refractivity contribution < 1.29 is 0 Å². The molecule has 0 radical (unpaired) electrons. The molecule has 0 heterocycles. The molecule has 0 unspecified atom stereocenters.